The van der Waals surface area contributed by atoms with Crippen molar-refractivity contribution in [3.8, 4) is 6.07 Å². The van der Waals surface area contributed by atoms with Crippen LogP contribution >= 0.6 is 0 Å². The summed E-state index contributed by atoms with van der Waals surface area (Å²) in [5.74, 6) is 0. The number of hydrogen-bond donors (Lipinski definition) is 2. The number of amides is 2. The fourth-order valence-electron chi connectivity index (χ4n) is 0.484. The van der Waals surface area contributed by atoms with E-state index >= 15 is 0 Å². The minimum absolute atomic E-state index is 0.0788. The van der Waals surface area contributed by atoms with Crippen molar-refractivity contribution in [1.29, 1.82) is 5.26 Å². The lowest BCUT2D eigenvalue weighted by Gasteiger charge is -2.08. The van der Waals surface area contributed by atoms with Crippen LogP contribution in [-0.2, 0) is 0 Å². The Bertz CT molecular complexity index is 150. The maximum atomic E-state index is 10.6. The first-order valence-electron chi connectivity index (χ1n) is 3.06. The summed E-state index contributed by atoms with van der Waals surface area (Å²) in [7, 11) is 1.54. The van der Waals surface area contributed by atoms with E-state index in [0.29, 0.717) is 6.42 Å². The molecule has 10 heavy (non-hydrogen) atoms. The van der Waals surface area contributed by atoms with Gasteiger partial charge in [0.2, 0.25) is 0 Å². The zero-order valence-electron chi connectivity index (χ0n) is 6.14. The predicted molar refractivity (Wildman–Crippen MR) is 37.3 cm³/mol. The Labute approximate surface area is 60.2 Å². The summed E-state index contributed by atoms with van der Waals surface area (Å²) >= 11 is 0. The molecule has 0 heterocycles. The predicted octanol–water partition coefficient (Wildman–Crippen LogP) is 0.218. The highest BCUT2D eigenvalue weighted by molar-refractivity contribution is 5.73. The molecule has 4 heteroatoms. The molecule has 0 aromatic carbocycles. The van der Waals surface area contributed by atoms with Crippen molar-refractivity contribution in [3.05, 3.63) is 0 Å². The molecular weight excluding hydrogens is 130 g/mol. The summed E-state index contributed by atoms with van der Waals surface area (Å²) in [6, 6.07) is 1.63. The van der Waals surface area contributed by atoms with Crippen molar-refractivity contribution in [2.24, 2.45) is 0 Å². The van der Waals surface area contributed by atoms with Crippen molar-refractivity contribution in [2.45, 2.75) is 19.4 Å². The minimum Gasteiger partial charge on any atom is -0.341 e. The standard InChI is InChI=1S/C6H11N3O/c1-5(3-4-7)9-6(10)8-2/h5H,3H2,1-2H3,(H2,8,9,10). The molecular formula is C6H11N3O. The van der Waals surface area contributed by atoms with Gasteiger partial charge in [0.25, 0.3) is 0 Å². The molecule has 56 valence electrons. The number of nitrogens with zero attached hydrogens (tertiary/aromatic N) is 1. The van der Waals surface area contributed by atoms with Crippen molar-refractivity contribution in [3.63, 3.8) is 0 Å². The maximum absolute atomic E-state index is 10.6. The number of urea groups is 1. The third kappa shape index (κ3) is 3.72. The van der Waals surface area contributed by atoms with E-state index in [1.807, 2.05) is 6.07 Å². The Hall–Kier alpha value is -1.24. The molecule has 0 fully saturated rings. The zero-order chi connectivity index (χ0) is 7.98. The molecule has 0 spiro atoms. The van der Waals surface area contributed by atoms with Gasteiger partial charge in [-0.25, -0.2) is 4.79 Å². The van der Waals surface area contributed by atoms with E-state index in [1.165, 1.54) is 7.05 Å². The van der Waals surface area contributed by atoms with Crippen molar-refractivity contribution >= 4 is 6.03 Å². The molecule has 4 nitrogen and oxygen atoms in total. The molecule has 0 aliphatic heterocycles. The quantitative estimate of drug-likeness (QED) is 0.577. The minimum atomic E-state index is -0.247. The van der Waals surface area contributed by atoms with Gasteiger partial charge in [-0.15, -0.1) is 0 Å². The van der Waals surface area contributed by atoms with Crippen LogP contribution in [0.15, 0.2) is 0 Å². The van der Waals surface area contributed by atoms with E-state index in [4.69, 9.17) is 5.26 Å². The van der Waals surface area contributed by atoms with Crippen molar-refractivity contribution < 1.29 is 4.79 Å². The lowest BCUT2D eigenvalue weighted by Crippen LogP contribution is -2.38. The van der Waals surface area contributed by atoms with Crippen LogP contribution < -0.4 is 10.6 Å². The number of rotatable bonds is 2. The average molecular weight is 141 g/mol. The second-order valence-electron chi connectivity index (χ2n) is 1.99. The molecule has 0 bridgehead atoms. The first-order valence-corrected chi connectivity index (χ1v) is 3.06. The topological polar surface area (TPSA) is 64.9 Å². The van der Waals surface area contributed by atoms with Crippen molar-refractivity contribution in [1.82, 2.24) is 10.6 Å². The highest BCUT2D eigenvalue weighted by Gasteiger charge is 2.02. The summed E-state index contributed by atoms with van der Waals surface area (Å²) in [6.45, 7) is 1.78. The van der Waals surface area contributed by atoms with Crippen LogP contribution in [0.5, 0.6) is 0 Å². The summed E-state index contributed by atoms with van der Waals surface area (Å²) in [4.78, 5) is 10.6. The smallest absolute Gasteiger partial charge is 0.314 e. The van der Waals surface area contributed by atoms with Gasteiger partial charge in [0.1, 0.15) is 0 Å². The highest BCUT2D eigenvalue weighted by Crippen LogP contribution is 1.85. The van der Waals surface area contributed by atoms with E-state index in [9.17, 15) is 4.79 Å². The Morgan fingerprint density at radius 2 is 2.40 bits per heavy atom. The molecule has 2 N–H and O–H groups in total. The fourth-order valence-corrected chi connectivity index (χ4v) is 0.484. The van der Waals surface area contributed by atoms with Crippen LogP contribution in [0.4, 0.5) is 4.79 Å². The van der Waals surface area contributed by atoms with E-state index < -0.39 is 0 Å². The number of carbonyl (C=O) groups excluding carboxylic acids is 1. The van der Waals surface area contributed by atoms with Crippen molar-refractivity contribution in [2.75, 3.05) is 7.05 Å². The summed E-state index contributed by atoms with van der Waals surface area (Å²) in [5, 5.41) is 13.2. The molecule has 0 aliphatic carbocycles. The Morgan fingerprint density at radius 1 is 1.80 bits per heavy atom. The summed E-state index contributed by atoms with van der Waals surface area (Å²) in [6.07, 6.45) is 0.341. The van der Waals surface area contributed by atoms with Crippen LogP contribution in [0.1, 0.15) is 13.3 Å². The summed E-state index contributed by atoms with van der Waals surface area (Å²) < 4.78 is 0. The maximum Gasteiger partial charge on any atom is 0.314 e. The first kappa shape index (κ1) is 8.76. The molecule has 2 amide bonds. The second kappa shape index (κ2) is 4.62. The van der Waals surface area contributed by atoms with Gasteiger partial charge >= 0.3 is 6.03 Å². The molecule has 0 saturated carbocycles. The van der Waals surface area contributed by atoms with E-state index in [2.05, 4.69) is 10.6 Å². The normalized spacial score (nSPS) is 11.3. The zero-order valence-corrected chi connectivity index (χ0v) is 6.14. The van der Waals surface area contributed by atoms with Gasteiger partial charge in [0, 0.05) is 13.1 Å². The lowest BCUT2D eigenvalue weighted by atomic mass is 10.3. The molecule has 0 saturated heterocycles. The van der Waals surface area contributed by atoms with Crippen LogP contribution in [0.2, 0.25) is 0 Å². The average Bonchev–Trinajstić information content (AvgIpc) is 1.88. The lowest BCUT2D eigenvalue weighted by molar-refractivity contribution is 0.240. The van der Waals surface area contributed by atoms with Crippen LogP contribution in [-0.4, -0.2) is 19.1 Å². The van der Waals surface area contributed by atoms with Gasteiger partial charge in [-0.2, -0.15) is 5.26 Å². The van der Waals surface area contributed by atoms with Gasteiger partial charge < -0.3 is 10.6 Å². The largest absolute Gasteiger partial charge is 0.341 e. The molecule has 0 aliphatic rings. The fraction of sp³-hybridized carbons (Fsp3) is 0.667. The van der Waals surface area contributed by atoms with Gasteiger partial charge in [-0.3, -0.25) is 0 Å². The van der Waals surface area contributed by atoms with Gasteiger partial charge in [-0.05, 0) is 6.92 Å². The van der Waals surface area contributed by atoms with E-state index in [0.717, 1.165) is 0 Å². The molecule has 1 unspecified atom stereocenters. The molecule has 0 radical (unpaired) electrons. The third-order valence-corrected chi connectivity index (χ3v) is 1.00. The number of hydrogen-bond acceptors (Lipinski definition) is 2. The van der Waals surface area contributed by atoms with Crippen LogP contribution in [0.3, 0.4) is 0 Å². The monoisotopic (exact) mass is 141 g/mol. The Balaban J connectivity index is 3.49. The van der Waals surface area contributed by atoms with E-state index in [-0.39, 0.29) is 12.1 Å². The number of carbonyl (C=O) groups is 1. The number of nitriles is 1. The summed E-state index contributed by atoms with van der Waals surface area (Å²) in [5.41, 5.74) is 0. The van der Waals surface area contributed by atoms with Gasteiger partial charge in [0.15, 0.2) is 0 Å². The van der Waals surface area contributed by atoms with Crippen LogP contribution in [0.25, 0.3) is 0 Å². The molecule has 0 aromatic heterocycles. The third-order valence-electron chi connectivity index (χ3n) is 1.00. The van der Waals surface area contributed by atoms with Gasteiger partial charge in [0.05, 0.1) is 12.5 Å². The Kier molecular flexibility index (Phi) is 4.05. The highest BCUT2D eigenvalue weighted by atomic mass is 16.2. The Morgan fingerprint density at radius 3 is 2.80 bits per heavy atom. The van der Waals surface area contributed by atoms with E-state index in [1.54, 1.807) is 6.92 Å². The van der Waals surface area contributed by atoms with Gasteiger partial charge in [-0.1, -0.05) is 0 Å². The SMILES string of the molecule is CNC(=O)NC(C)CC#N. The molecule has 1 atom stereocenters. The van der Waals surface area contributed by atoms with Crippen LogP contribution in [0, 0.1) is 11.3 Å². The number of nitrogens with one attached hydrogen (secondary N) is 2. The first-order chi connectivity index (χ1) is 4.70. The molecule has 0 aromatic rings. The molecule has 0 rings (SSSR count). The second-order valence-corrected chi connectivity index (χ2v) is 1.99.